The van der Waals surface area contributed by atoms with Gasteiger partial charge in [-0.3, -0.25) is 4.79 Å². The van der Waals surface area contributed by atoms with Crippen LogP contribution in [-0.4, -0.2) is 11.7 Å². The lowest BCUT2D eigenvalue weighted by atomic mass is 10.1. The standard InChI is InChI=1S/C10H12IN3O/c1-6(15)7-2-3-8(9(11)4-7)5-14-10(12)13/h2-4H,5H2,1H3,(H4,12,13,14)/i11+4. The normalized spacial score (nSPS) is 9.73. The van der Waals surface area contributed by atoms with E-state index in [1.165, 1.54) is 0 Å². The van der Waals surface area contributed by atoms with Crippen LogP contribution in [0.4, 0.5) is 0 Å². The molecule has 1 aromatic rings. The van der Waals surface area contributed by atoms with Crippen LogP contribution in [0.3, 0.4) is 0 Å². The molecule has 0 unspecified atom stereocenters. The van der Waals surface area contributed by atoms with Crippen LogP contribution in [0.1, 0.15) is 22.8 Å². The first-order valence-electron chi connectivity index (χ1n) is 4.35. The number of rotatable bonds is 3. The van der Waals surface area contributed by atoms with Crippen molar-refractivity contribution in [2.45, 2.75) is 13.5 Å². The average molecular weight is 321 g/mol. The van der Waals surface area contributed by atoms with Gasteiger partial charge in [0.25, 0.3) is 0 Å². The maximum Gasteiger partial charge on any atom is 0.186 e. The maximum absolute atomic E-state index is 11.1. The molecule has 0 spiro atoms. The van der Waals surface area contributed by atoms with Crippen LogP contribution in [0.15, 0.2) is 23.2 Å². The lowest BCUT2D eigenvalue weighted by Gasteiger charge is -2.03. The van der Waals surface area contributed by atoms with Crippen molar-refractivity contribution in [3.8, 4) is 0 Å². The Morgan fingerprint density at radius 3 is 2.60 bits per heavy atom. The lowest BCUT2D eigenvalue weighted by Crippen LogP contribution is -2.22. The molecule has 4 nitrogen and oxygen atoms in total. The Bertz CT molecular complexity index is 411. The molecule has 0 saturated heterocycles. The van der Waals surface area contributed by atoms with Crippen molar-refractivity contribution in [2.24, 2.45) is 16.5 Å². The van der Waals surface area contributed by atoms with Gasteiger partial charge in [0, 0.05) is 9.13 Å². The Hall–Kier alpha value is -1.11. The van der Waals surface area contributed by atoms with Gasteiger partial charge in [0.2, 0.25) is 0 Å². The van der Waals surface area contributed by atoms with E-state index in [2.05, 4.69) is 27.6 Å². The predicted molar refractivity (Wildman–Crippen MR) is 68.7 cm³/mol. The molecule has 0 bridgehead atoms. The van der Waals surface area contributed by atoms with E-state index in [1.807, 2.05) is 12.1 Å². The topological polar surface area (TPSA) is 81.5 Å². The highest BCUT2D eigenvalue weighted by Crippen LogP contribution is 2.15. The highest BCUT2D eigenvalue weighted by molar-refractivity contribution is 14.1. The summed E-state index contributed by atoms with van der Waals surface area (Å²) in [5, 5.41) is 0. The molecule has 15 heavy (non-hydrogen) atoms. The van der Waals surface area contributed by atoms with Gasteiger partial charge in [-0.05, 0) is 41.1 Å². The van der Waals surface area contributed by atoms with Gasteiger partial charge >= 0.3 is 0 Å². The third-order valence-corrected chi connectivity index (χ3v) is 2.90. The molecule has 0 atom stereocenters. The van der Waals surface area contributed by atoms with Gasteiger partial charge in [-0.2, -0.15) is 0 Å². The number of Topliss-reactive ketones (excluding diaryl/α,β-unsaturated/α-hetero) is 1. The molecule has 0 radical (unpaired) electrons. The van der Waals surface area contributed by atoms with Crippen LogP contribution in [0.5, 0.6) is 0 Å². The predicted octanol–water partition coefficient (Wildman–Crippen LogP) is 1.27. The van der Waals surface area contributed by atoms with Gasteiger partial charge in [0.05, 0.1) is 6.54 Å². The number of hydrogen-bond acceptors (Lipinski definition) is 2. The molecule has 4 N–H and O–H groups in total. The average Bonchev–Trinajstić information content (AvgIpc) is 2.15. The van der Waals surface area contributed by atoms with Crippen LogP contribution < -0.4 is 11.5 Å². The molecule has 80 valence electrons. The number of guanidine groups is 1. The first-order valence-corrected chi connectivity index (χ1v) is 5.43. The number of nitrogens with two attached hydrogens (primary N) is 2. The van der Waals surface area contributed by atoms with Crippen molar-refractivity contribution >= 4 is 34.3 Å². The van der Waals surface area contributed by atoms with Gasteiger partial charge in [0.15, 0.2) is 11.7 Å². The monoisotopic (exact) mass is 321 g/mol. The first-order chi connectivity index (χ1) is 7.00. The van der Waals surface area contributed by atoms with Crippen LogP contribution in [0, 0.1) is 3.57 Å². The third kappa shape index (κ3) is 3.50. The van der Waals surface area contributed by atoms with E-state index < -0.39 is 0 Å². The van der Waals surface area contributed by atoms with E-state index in [-0.39, 0.29) is 11.7 Å². The van der Waals surface area contributed by atoms with E-state index in [9.17, 15) is 4.79 Å². The van der Waals surface area contributed by atoms with Crippen molar-refractivity contribution in [2.75, 3.05) is 0 Å². The molecule has 0 aliphatic carbocycles. The molecule has 0 fully saturated rings. The van der Waals surface area contributed by atoms with Crippen molar-refractivity contribution < 1.29 is 4.79 Å². The fraction of sp³-hybridized carbons (Fsp3) is 0.200. The Morgan fingerprint density at radius 2 is 2.13 bits per heavy atom. The highest BCUT2D eigenvalue weighted by Gasteiger charge is 2.03. The summed E-state index contributed by atoms with van der Waals surface area (Å²) in [5.41, 5.74) is 12.2. The summed E-state index contributed by atoms with van der Waals surface area (Å²) in [6.07, 6.45) is 0. The van der Waals surface area contributed by atoms with Crippen LogP contribution >= 0.6 is 22.6 Å². The summed E-state index contributed by atoms with van der Waals surface area (Å²) in [6, 6.07) is 5.48. The summed E-state index contributed by atoms with van der Waals surface area (Å²) in [5.74, 6) is 0.128. The molecule has 1 aromatic carbocycles. The zero-order chi connectivity index (χ0) is 11.4. The Kier molecular flexibility index (Phi) is 4.07. The fourth-order valence-electron chi connectivity index (χ4n) is 1.07. The summed E-state index contributed by atoms with van der Waals surface area (Å²) < 4.78 is 0.991. The van der Waals surface area contributed by atoms with Gasteiger partial charge in [-0.1, -0.05) is 12.1 Å². The number of aliphatic imine (C=N–C) groups is 1. The van der Waals surface area contributed by atoms with E-state index in [0.29, 0.717) is 12.1 Å². The second-order valence-corrected chi connectivity index (χ2v) is 4.27. The zero-order valence-corrected chi connectivity index (χ0v) is 10.5. The fourth-order valence-corrected chi connectivity index (χ4v) is 1.76. The molecule has 0 saturated carbocycles. The van der Waals surface area contributed by atoms with Gasteiger partial charge in [-0.15, -0.1) is 0 Å². The third-order valence-electron chi connectivity index (χ3n) is 1.89. The van der Waals surface area contributed by atoms with Crippen LogP contribution in [0.25, 0.3) is 0 Å². The summed E-state index contributed by atoms with van der Waals surface area (Å²) in [4.78, 5) is 15.0. The first kappa shape index (κ1) is 12.0. The SMILES string of the molecule is CC(=O)c1ccc(CN=C(N)N)c([131I])c1. The molecule has 5 heteroatoms. The molecule has 0 heterocycles. The minimum absolute atomic E-state index is 0.0568. The summed E-state index contributed by atoms with van der Waals surface area (Å²) in [6.45, 7) is 1.99. The Balaban J connectivity index is 2.93. The Morgan fingerprint density at radius 1 is 1.47 bits per heavy atom. The lowest BCUT2D eigenvalue weighted by molar-refractivity contribution is 0.101. The maximum atomic E-state index is 11.1. The van der Waals surface area contributed by atoms with Gasteiger partial charge in [-0.25, -0.2) is 4.99 Å². The highest BCUT2D eigenvalue weighted by atomic mass is 131. The summed E-state index contributed by atoms with van der Waals surface area (Å²) in [7, 11) is 0. The zero-order valence-electron chi connectivity index (χ0n) is 8.33. The minimum Gasteiger partial charge on any atom is -0.370 e. The quantitative estimate of drug-likeness (QED) is 0.381. The minimum atomic E-state index is 0.0568. The van der Waals surface area contributed by atoms with Crippen LogP contribution in [0.2, 0.25) is 0 Å². The van der Waals surface area contributed by atoms with Crippen molar-refractivity contribution in [3.63, 3.8) is 0 Å². The second kappa shape index (κ2) is 5.11. The molecule has 0 aromatic heterocycles. The molecule has 0 amide bonds. The second-order valence-electron chi connectivity index (χ2n) is 3.10. The van der Waals surface area contributed by atoms with Crippen molar-refractivity contribution in [1.29, 1.82) is 0 Å². The van der Waals surface area contributed by atoms with E-state index in [4.69, 9.17) is 11.5 Å². The van der Waals surface area contributed by atoms with E-state index in [0.717, 1.165) is 9.13 Å². The summed E-state index contributed by atoms with van der Waals surface area (Å²) >= 11 is 2.16. The molecule has 0 aliphatic rings. The van der Waals surface area contributed by atoms with Crippen LogP contribution in [-0.2, 0) is 6.54 Å². The smallest absolute Gasteiger partial charge is 0.186 e. The number of halogens is 1. The molecule has 0 aliphatic heterocycles. The number of hydrogen-bond donors (Lipinski definition) is 2. The number of benzene rings is 1. The van der Waals surface area contributed by atoms with Crippen molar-refractivity contribution in [1.82, 2.24) is 0 Å². The van der Waals surface area contributed by atoms with E-state index >= 15 is 0 Å². The van der Waals surface area contributed by atoms with Gasteiger partial charge < -0.3 is 11.5 Å². The number of nitrogens with zero attached hydrogens (tertiary/aromatic N) is 1. The van der Waals surface area contributed by atoms with E-state index in [1.54, 1.807) is 13.0 Å². The van der Waals surface area contributed by atoms with Gasteiger partial charge in [0.1, 0.15) is 0 Å². The molecule has 1 rings (SSSR count). The molecular formula is C10H12IN3O. The number of carbonyl (C=O) groups is 1. The van der Waals surface area contributed by atoms with Crippen molar-refractivity contribution in [3.05, 3.63) is 32.9 Å². The Labute approximate surface area is 102 Å². The number of carbonyl (C=O) groups excluding carboxylic acids is 1. The molecular weight excluding hydrogens is 309 g/mol. The number of ketones is 1. The largest absolute Gasteiger partial charge is 0.370 e.